The molecule has 0 radical (unpaired) electrons. The Hall–Kier alpha value is -4.32. The lowest BCUT2D eigenvalue weighted by atomic mass is 9.83. The zero-order valence-corrected chi connectivity index (χ0v) is 19.1. The second kappa shape index (κ2) is 6.63. The van der Waals surface area contributed by atoms with Gasteiger partial charge in [-0.15, -0.1) is 0 Å². The van der Waals surface area contributed by atoms with Gasteiger partial charge in [0, 0.05) is 28.4 Å². The number of carbonyl (C=O) groups excluding carboxylic acids is 4. The molecule has 0 aliphatic carbocycles. The van der Waals surface area contributed by atoms with Crippen LogP contribution in [0.15, 0.2) is 48.5 Å². The number of fused-ring (bicyclic) bond motifs is 2. The molecule has 35 heavy (non-hydrogen) atoms. The summed E-state index contributed by atoms with van der Waals surface area (Å²) >= 11 is 0. The molecule has 0 fully saturated rings. The molecular formula is C29H19NO5. The van der Waals surface area contributed by atoms with Gasteiger partial charge in [-0.3, -0.25) is 14.5 Å². The van der Waals surface area contributed by atoms with Crippen molar-refractivity contribution in [2.75, 3.05) is 6.54 Å². The van der Waals surface area contributed by atoms with Crippen LogP contribution in [0.25, 0.3) is 43.1 Å². The number of nitrogens with zero attached hydrogens (tertiary/aromatic N) is 1. The van der Waals surface area contributed by atoms with E-state index < -0.39 is 11.9 Å². The van der Waals surface area contributed by atoms with Gasteiger partial charge in [-0.2, -0.15) is 0 Å². The molecule has 0 saturated heterocycles. The molecule has 7 rings (SSSR count). The van der Waals surface area contributed by atoms with Crippen LogP contribution in [0.1, 0.15) is 61.7 Å². The maximum absolute atomic E-state index is 13.4. The van der Waals surface area contributed by atoms with Crippen LogP contribution in [0, 0.1) is 5.92 Å². The van der Waals surface area contributed by atoms with Crippen molar-refractivity contribution in [1.82, 2.24) is 4.90 Å². The van der Waals surface area contributed by atoms with E-state index in [2.05, 4.69) is 13.8 Å². The Morgan fingerprint density at radius 2 is 1.00 bits per heavy atom. The van der Waals surface area contributed by atoms with Gasteiger partial charge in [0.25, 0.3) is 11.8 Å². The summed E-state index contributed by atoms with van der Waals surface area (Å²) < 4.78 is 4.93. The molecule has 0 bridgehead atoms. The van der Waals surface area contributed by atoms with E-state index in [1.54, 1.807) is 24.3 Å². The van der Waals surface area contributed by atoms with Crippen molar-refractivity contribution in [2.45, 2.75) is 20.3 Å². The molecule has 0 unspecified atom stereocenters. The molecule has 6 heteroatoms. The normalized spacial score (nSPS) is 15.5. The van der Waals surface area contributed by atoms with E-state index in [1.165, 1.54) is 4.90 Å². The average Bonchev–Trinajstić information content (AvgIpc) is 2.84. The molecule has 5 aromatic carbocycles. The third kappa shape index (κ3) is 2.43. The van der Waals surface area contributed by atoms with Crippen LogP contribution >= 0.6 is 0 Å². The van der Waals surface area contributed by atoms with Gasteiger partial charge in [-0.05, 0) is 68.9 Å². The van der Waals surface area contributed by atoms with E-state index >= 15 is 0 Å². The minimum absolute atomic E-state index is 0.267. The van der Waals surface area contributed by atoms with E-state index in [9.17, 15) is 19.2 Å². The minimum atomic E-state index is -0.653. The molecule has 2 amide bonds. The molecule has 2 aliphatic heterocycles. The number of ether oxygens (including phenoxy) is 1. The van der Waals surface area contributed by atoms with E-state index in [-0.39, 0.29) is 11.8 Å². The van der Waals surface area contributed by atoms with E-state index in [1.807, 2.05) is 24.3 Å². The topological polar surface area (TPSA) is 80.8 Å². The van der Waals surface area contributed by atoms with Gasteiger partial charge in [0.2, 0.25) is 0 Å². The molecular weight excluding hydrogens is 442 g/mol. The van der Waals surface area contributed by atoms with Crippen LogP contribution in [-0.2, 0) is 4.74 Å². The molecule has 0 saturated carbocycles. The molecule has 0 spiro atoms. The Morgan fingerprint density at radius 1 is 0.600 bits per heavy atom. The molecule has 170 valence electrons. The van der Waals surface area contributed by atoms with Crippen LogP contribution in [0.5, 0.6) is 0 Å². The number of hydrogen-bond donors (Lipinski definition) is 0. The van der Waals surface area contributed by atoms with Crippen LogP contribution in [0.2, 0.25) is 0 Å². The first kappa shape index (κ1) is 20.1. The van der Waals surface area contributed by atoms with Crippen molar-refractivity contribution in [3.63, 3.8) is 0 Å². The highest BCUT2D eigenvalue weighted by Gasteiger charge is 2.35. The maximum atomic E-state index is 13.4. The van der Waals surface area contributed by atoms with Gasteiger partial charge in [0.05, 0.1) is 11.1 Å². The molecule has 0 atom stereocenters. The zero-order chi connectivity index (χ0) is 24.2. The smallest absolute Gasteiger partial charge is 0.346 e. The van der Waals surface area contributed by atoms with Gasteiger partial charge in [-0.1, -0.05) is 38.1 Å². The van der Waals surface area contributed by atoms with Crippen molar-refractivity contribution >= 4 is 66.8 Å². The second-order valence-corrected chi connectivity index (χ2v) is 9.76. The fourth-order valence-electron chi connectivity index (χ4n) is 5.75. The zero-order valence-electron chi connectivity index (χ0n) is 19.1. The summed E-state index contributed by atoms with van der Waals surface area (Å²) in [7, 11) is 0. The Bertz CT molecular complexity index is 1710. The molecule has 0 aromatic heterocycles. The lowest BCUT2D eigenvalue weighted by Crippen LogP contribution is -2.41. The van der Waals surface area contributed by atoms with E-state index in [4.69, 9.17) is 4.74 Å². The number of cyclic esters (lactones) is 2. The largest absolute Gasteiger partial charge is 0.386 e. The van der Waals surface area contributed by atoms with E-state index in [0.29, 0.717) is 45.5 Å². The van der Waals surface area contributed by atoms with Crippen LogP contribution in [0.3, 0.4) is 0 Å². The highest BCUT2D eigenvalue weighted by molar-refractivity contribution is 6.40. The van der Waals surface area contributed by atoms with Crippen molar-refractivity contribution < 1.29 is 23.9 Å². The summed E-state index contributed by atoms with van der Waals surface area (Å²) in [5.74, 6) is -1.47. The van der Waals surface area contributed by atoms with Crippen LogP contribution in [0.4, 0.5) is 0 Å². The summed E-state index contributed by atoms with van der Waals surface area (Å²) in [6, 6.07) is 14.5. The highest BCUT2D eigenvalue weighted by atomic mass is 16.6. The Kier molecular flexibility index (Phi) is 3.81. The Labute approximate surface area is 199 Å². The molecule has 2 aliphatic rings. The average molecular weight is 461 g/mol. The number of imide groups is 1. The maximum Gasteiger partial charge on any atom is 0.346 e. The predicted octanol–water partition coefficient (Wildman–Crippen LogP) is 5.69. The number of hydrogen-bond acceptors (Lipinski definition) is 5. The van der Waals surface area contributed by atoms with Gasteiger partial charge in [-0.25, -0.2) is 9.59 Å². The number of rotatable bonds is 3. The third-order valence-electron chi connectivity index (χ3n) is 7.41. The van der Waals surface area contributed by atoms with Crippen molar-refractivity contribution in [3.8, 4) is 0 Å². The number of carbonyl (C=O) groups is 4. The van der Waals surface area contributed by atoms with Gasteiger partial charge >= 0.3 is 11.9 Å². The Morgan fingerprint density at radius 3 is 1.43 bits per heavy atom. The summed E-state index contributed by atoms with van der Waals surface area (Å²) in [6.07, 6.45) is 0.743. The molecule has 5 aromatic rings. The van der Waals surface area contributed by atoms with Crippen LogP contribution < -0.4 is 0 Å². The SMILES string of the molecule is CC(C)CCN1C(=O)c2ccc3c4ccc5c6c(ccc(c7ccc(c2c37)C1=O)c64)C(=O)OC5=O. The number of esters is 2. The summed E-state index contributed by atoms with van der Waals surface area (Å²) in [5, 5.41) is 6.40. The summed E-state index contributed by atoms with van der Waals surface area (Å²) in [4.78, 5) is 53.1. The molecule has 0 N–H and O–H groups in total. The van der Waals surface area contributed by atoms with E-state index in [0.717, 1.165) is 38.7 Å². The first-order valence-corrected chi connectivity index (χ1v) is 11.7. The van der Waals surface area contributed by atoms with Gasteiger partial charge in [0.1, 0.15) is 0 Å². The fourth-order valence-corrected chi connectivity index (χ4v) is 5.75. The summed E-state index contributed by atoms with van der Waals surface area (Å²) in [6.45, 7) is 4.52. The molecule has 6 nitrogen and oxygen atoms in total. The minimum Gasteiger partial charge on any atom is -0.386 e. The fraction of sp³-hybridized carbons (Fsp3) is 0.172. The standard InChI is InChI=1S/C29H19NO5/c1-13(2)11-12-30-26(31)18-7-3-14-16-5-9-20-25-21(29(34)35-28(20)33)10-6-17(23(16)25)15-4-8-19(27(30)32)24(18)22(14)15/h3-10,13H,11-12H2,1-2H3. The quantitative estimate of drug-likeness (QED) is 0.113. The number of benzene rings is 5. The number of amides is 2. The van der Waals surface area contributed by atoms with Crippen molar-refractivity contribution in [3.05, 3.63) is 70.8 Å². The van der Waals surface area contributed by atoms with Gasteiger partial charge < -0.3 is 4.74 Å². The molecule has 2 heterocycles. The highest BCUT2D eigenvalue weighted by Crippen LogP contribution is 2.45. The monoisotopic (exact) mass is 461 g/mol. The van der Waals surface area contributed by atoms with Crippen molar-refractivity contribution in [2.24, 2.45) is 5.92 Å². The second-order valence-electron chi connectivity index (χ2n) is 9.76. The van der Waals surface area contributed by atoms with Crippen LogP contribution in [-0.4, -0.2) is 35.2 Å². The lowest BCUT2D eigenvalue weighted by Gasteiger charge is -2.29. The Balaban J connectivity index is 1.61. The van der Waals surface area contributed by atoms with Crippen molar-refractivity contribution in [1.29, 1.82) is 0 Å². The van der Waals surface area contributed by atoms with Gasteiger partial charge in [0.15, 0.2) is 0 Å². The predicted molar refractivity (Wildman–Crippen MR) is 132 cm³/mol. The first-order valence-electron chi connectivity index (χ1n) is 11.7. The first-order chi connectivity index (χ1) is 16.9. The lowest BCUT2D eigenvalue weighted by molar-refractivity contribution is 0.0390. The summed E-state index contributed by atoms with van der Waals surface area (Å²) in [5.41, 5.74) is 1.77. The third-order valence-corrected chi connectivity index (χ3v) is 7.41.